The van der Waals surface area contributed by atoms with E-state index in [-0.39, 0.29) is 11.6 Å². The third-order valence-corrected chi connectivity index (χ3v) is 4.15. The van der Waals surface area contributed by atoms with Gasteiger partial charge < -0.3 is 10.4 Å². The van der Waals surface area contributed by atoms with E-state index in [1.165, 1.54) is 24.6 Å². The molecule has 4 heteroatoms. The molecule has 0 amide bonds. The second-order valence-electron chi connectivity index (χ2n) is 6.44. The van der Waals surface area contributed by atoms with Crippen molar-refractivity contribution in [2.45, 2.75) is 52.0 Å². The van der Waals surface area contributed by atoms with Gasteiger partial charge in [-0.05, 0) is 49.3 Å². The lowest BCUT2D eigenvalue weighted by molar-refractivity contribution is 0.0697. The summed E-state index contributed by atoms with van der Waals surface area (Å²) in [6.07, 6.45) is 5.39. The maximum absolute atomic E-state index is 13.8. The molecule has 0 aromatic heterocycles. The van der Waals surface area contributed by atoms with Gasteiger partial charge in [-0.15, -0.1) is 0 Å². The van der Waals surface area contributed by atoms with Crippen molar-refractivity contribution in [3.8, 4) is 0 Å². The molecule has 0 spiro atoms. The van der Waals surface area contributed by atoms with Crippen molar-refractivity contribution < 1.29 is 14.3 Å². The van der Waals surface area contributed by atoms with Gasteiger partial charge in [0.05, 0.1) is 11.3 Å². The number of carboxylic acid groups (broad SMARTS) is 1. The lowest BCUT2D eigenvalue weighted by atomic mass is 9.85. The summed E-state index contributed by atoms with van der Waals surface area (Å²) in [7, 11) is 0. The molecule has 0 radical (unpaired) electrons. The lowest BCUT2D eigenvalue weighted by Crippen LogP contribution is -2.20. The average molecular weight is 279 g/mol. The standard InChI is InChI=1S/C16H22FNO2/c1-16(2)8-3-4-12(7-9-16)18-14-10-11(15(19)20)5-6-13(14)17/h5-6,10,12,18H,3-4,7-9H2,1-2H3,(H,19,20). The minimum Gasteiger partial charge on any atom is -0.478 e. The third-order valence-electron chi connectivity index (χ3n) is 4.15. The van der Waals surface area contributed by atoms with Gasteiger partial charge in [0.2, 0.25) is 0 Å². The number of aromatic carboxylic acids is 1. The second kappa shape index (κ2) is 5.81. The Labute approximate surface area is 119 Å². The largest absolute Gasteiger partial charge is 0.478 e. The first kappa shape index (κ1) is 14.8. The van der Waals surface area contributed by atoms with E-state index in [1.807, 2.05) is 0 Å². The fourth-order valence-electron chi connectivity index (χ4n) is 2.79. The molecule has 0 bridgehead atoms. The number of benzene rings is 1. The van der Waals surface area contributed by atoms with Crippen molar-refractivity contribution in [2.75, 3.05) is 5.32 Å². The van der Waals surface area contributed by atoms with Crippen molar-refractivity contribution in [1.29, 1.82) is 0 Å². The van der Waals surface area contributed by atoms with Crippen LogP contribution in [0.2, 0.25) is 0 Å². The Morgan fingerprint density at radius 2 is 2.10 bits per heavy atom. The van der Waals surface area contributed by atoms with Crippen LogP contribution in [-0.2, 0) is 0 Å². The average Bonchev–Trinajstić information content (AvgIpc) is 2.53. The summed E-state index contributed by atoms with van der Waals surface area (Å²) in [5, 5.41) is 12.2. The SMILES string of the molecule is CC1(C)CCCC(Nc2cc(C(=O)O)ccc2F)CC1. The third kappa shape index (κ3) is 3.71. The van der Waals surface area contributed by atoms with Crippen LogP contribution in [0.15, 0.2) is 18.2 Å². The van der Waals surface area contributed by atoms with Crippen molar-refractivity contribution >= 4 is 11.7 Å². The Balaban J connectivity index is 2.09. The smallest absolute Gasteiger partial charge is 0.335 e. The summed E-state index contributed by atoms with van der Waals surface area (Å²) in [6.45, 7) is 4.53. The van der Waals surface area contributed by atoms with Crippen LogP contribution in [0, 0.1) is 11.2 Å². The van der Waals surface area contributed by atoms with Crippen LogP contribution < -0.4 is 5.32 Å². The van der Waals surface area contributed by atoms with Crippen LogP contribution in [0.3, 0.4) is 0 Å². The number of hydrogen-bond acceptors (Lipinski definition) is 2. The van der Waals surface area contributed by atoms with E-state index in [0.717, 1.165) is 25.7 Å². The summed E-state index contributed by atoms with van der Waals surface area (Å²) in [4.78, 5) is 10.9. The van der Waals surface area contributed by atoms with Gasteiger partial charge in [-0.25, -0.2) is 9.18 Å². The van der Waals surface area contributed by atoms with E-state index < -0.39 is 11.8 Å². The van der Waals surface area contributed by atoms with E-state index in [2.05, 4.69) is 19.2 Å². The Morgan fingerprint density at radius 3 is 2.80 bits per heavy atom. The molecular weight excluding hydrogens is 257 g/mol. The molecule has 2 N–H and O–H groups in total. The van der Waals surface area contributed by atoms with Crippen molar-refractivity contribution in [3.05, 3.63) is 29.6 Å². The van der Waals surface area contributed by atoms with Gasteiger partial charge in [0.1, 0.15) is 5.82 Å². The number of anilines is 1. The molecule has 2 rings (SSSR count). The fourth-order valence-corrected chi connectivity index (χ4v) is 2.79. The maximum atomic E-state index is 13.8. The van der Waals surface area contributed by atoms with Gasteiger partial charge in [0, 0.05) is 6.04 Å². The molecule has 1 atom stereocenters. The van der Waals surface area contributed by atoms with Crippen LogP contribution in [0.25, 0.3) is 0 Å². The van der Waals surface area contributed by atoms with Crippen LogP contribution >= 0.6 is 0 Å². The van der Waals surface area contributed by atoms with Gasteiger partial charge >= 0.3 is 5.97 Å². The minimum atomic E-state index is -1.03. The van der Waals surface area contributed by atoms with Crippen LogP contribution in [0.4, 0.5) is 10.1 Å². The fraction of sp³-hybridized carbons (Fsp3) is 0.562. The van der Waals surface area contributed by atoms with Crippen molar-refractivity contribution in [2.24, 2.45) is 5.41 Å². The Kier molecular flexibility index (Phi) is 4.31. The number of halogens is 1. The summed E-state index contributed by atoms with van der Waals surface area (Å²) < 4.78 is 13.8. The van der Waals surface area contributed by atoms with E-state index in [4.69, 9.17) is 5.11 Å². The molecule has 0 aliphatic heterocycles. The summed E-state index contributed by atoms with van der Waals surface area (Å²) in [5.41, 5.74) is 0.759. The Morgan fingerprint density at radius 1 is 1.35 bits per heavy atom. The Hall–Kier alpha value is -1.58. The molecule has 3 nitrogen and oxygen atoms in total. The first-order valence-electron chi connectivity index (χ1n) is 7.17. The highest BCUT2D eigenvalue weighted by Gasteiger charge is 2.24. The molecular formula is C16H22FNO2. The molecule has 0 heterocycles. The zero-order valence-electron chi connectivity index (χ0n) is 12.1. The van der Waals surface area contributed by atoms with E-state index in [9.17, 15) is 9.18 Å². The predicted molar refractivity (Wildman–Crippen MR) is 77.6 cm³/mol. The first-order chi connectivity index (χ1) is 9.37. The van der Waals surface area contributed by atoms with Crippen LogP contribution in [0.5, 0.6) is 0 Å². The van der Waals surface area contributed by atoms with Gasteiger partial charge in [-0.2, -0.15) is 0 Å². The monoisotopic (exact) mass is 279 g/mol. The van der Waals surface area contributed by atoms with Gasteiger partial charge in [-0.1, -0.05) is 20.3 Å². The number of carbonyl (C=O) groups is 1. The number of carboxylic acids is 1. The molecule has 20 heavy (non-hydrogen) atoms. The predicted octanol–water partition coefficient (Wildman–Crippen LogP) is 4.29. The normalized spacial score (nSPS) is 22.1. The molecule has 110 valence electrons. The maximum Gasteiger partial charge on any atom is 0.335 e. The molecule has 1 aromatic rings. The highest BCUT2D eigenvalue weighted by Crippen LogP contribution is 2.34. The van der Waals surface area contributed by atoms with Crippen LogP contribution in [-0.4, -0.2) is 17.1 Å². The number of hydrogen-bond donors (Lipinski definition) is 2. The lowest BCUT2D eigenvalue weighted by Gasteiger charge is -2.22. The van der Waals surface area contributed by atoms with Gasteiger partial charge in [-0.3, -0.25) is 0 Å². The Bertz CT molecular complexity index is 499. The molecule has 1 unspecified atom stereocenters. The molecule has 0 saturated heterocycles. The van der Waals surface area contributed by atoms with E-state index >= 15 is 0 Å². The van der Waals surface area contributed by atoms with Crippen molar-refractivity contribution in [3.63, 3.8) is 0 Å². The molecule has 1 aliphatic carbocycles. The summed E-state index contributed by atoms with van der Waals surface area (Å²) >= 11 is 0. The van der Waals surface area contributed by atoms with Crippen LogP contribution in [0.1, 0.15) is 56.3 Å². The minimum absolute atomic E-state index is 0.114. The second-order valence-corrected chi connectivity index (χ2v) is 6.44. The molecule has 1 fully saturated rings. The van der Waals surface area contributed by atoms with E-state index in [1.54, 1.807) is 0 Å². The van der Waals surface area contributed by atoms with E-state index in [0.29, 0.717) is 11.1 Å². The summed E-state index contributed by atoms with van der Waals surface area (Å²) in [6, 6.07) is 4.11. The molecule has 1 saturated carbocycles. The zero-order valence-corrected chi connectivity index (χ0v) is 12.1. The zero-order chi connectivity index (χ0) is 14.8. The van der Waals surface area contributed by atoms with Gasteiger partial charge in [0.25, 0.3) is 0 Å². The molecule has 1 aliphatic rings. The highest BCUT2D eigenvalue weighted by atomic mass is 19.1. The van der Waals surface area contributed by atoms with Gasteiger partial charge in [0.15, 0.2) is 0 Å². The summed E-state index contributed by atoms with van der Waals surface area (Å²) in [5.74, 6) is -1.42. The topological polar surface area (TPSA) is 49.3 Å². The number of rotatable bonds is 3. The quantitative estimate of drug-likeness (QED) is 0.811. The van der Waals surface area contributed by atoms with Crippen molar-refractivity contribution in [1.82, 2.24) is 0 Å². The number of nitrogens with one attached hydrogen (secondary N) is 1. The first-order valence-corrected chi connectivity index (χ1v) is 7.17. The molecule has 1 aromatic carbocycles. The highest BCUT2D eigenvalue weighted by molar-refractivity contribution is 5.88.